The number of hydrogen-bond donors (Lipinski definition) is 2. The third kappa shape index (κ3) is 3.26. The average Bonchev–Trinajstić information content (AvgIpc) is 3.23. The first-order valence-corrected chi connectivity index (χ1v) is 10.1. The van der Waals surface area contributed by atoms with E-state index in [0.29, 0.717) is 11.3 Å². The molecule has 0 unspecified atom stereocenters. The lowest BCUT2D eigenvalue weighted by atomic mass is 9.95. The fraction of sp³-hybridized carbons (Fsp3) is 0.120. The van der Waals surface area contributed by atoms with E-state index >= 15 is 0 Å². The Balaban J connectivity index is 1.54. The highest BCUT2D eigenvalue weighted by molar-refractivity contribution is 6.04. The Kier molecular flexibility index (Phi) is 4.55. The summed E-state index contributed by atoms with van der Waals surface area (Å²) >= 11 is 0. The molecular weight excluding hydrogens is 393 g/mol. The maximum absolute atomic E-state index is 13.3. The number of halogens is 1. The van der Waals surface area contributed by atoms with E-state index in [2.05, 4.69) is 10.3 Å². The van der Waals surface area contributed by atoms with Gasteiger partial charge in [-0.15, -0.1) is 0 Å². The zero-order valence-electron chi connectivity index (χ0n) is 16.9. The Labute approximate surface area is 178 Å². The lowest BCUT2D eigenvalue weighted by molar-refractivity contribution is -0.117. The quantitative estimate of drug-likeness (QED) is 0.505. The number of hydrogen-bond acceptors (Lipinski definition) is 2. The van der Waals surface area contributed by atoms with Gasteiger partial charge < -0.3 is 15.2 Å². The van der Waals surface area contributed by atoms with Crippen molar-refractivity contribution in [1.29, 1.82) is 0 Å². The molecule has 1 atom stereocenters. The second-order valence-corrected chi connectivity index (χ2v) is 7.69. The first-order valence-electron chi connectivity index (χ1n) is 10.1. The maximum Gasteiger partial charge on any atom is 0.255 e. The van der Waals surface area contributed by atoms with E-state index < -0.39 is 0 Å². The summed E-state index contributed by atoms with van der Waals surface area (Å²) in [6.07, 6.45) is 0. The van der Waals surface area contributed by atoms with Crippen LogP contribution in [0, 0.1) is 12.7 Å². The number of aromatic nitrogens is 1. The minimum absolute atomic E-state index is 0.117. The highest BCUT2D eigenvalue weighted by Crippen LogP contribution is 2.42. The molecule has 3 aromatic carbocycles. The largest absolute Gasteiger partial charge is 0.358 e. The van der Waals surface area contributed by atoms with E-state index in [-0.39, 0.29) is 30.2 Å². The van der Waals surface area contributed by atoms with Crippen molar-refractivity contribution in [3.63, 3.8) is 0 Å². The predicted molar refractivity (Wildman–Crippen MR) is 117 cm³/mol. The molecule has 1 aliphatic rings. The van der Waals surface area contributed by atoms with Crippen molar-refractivity contribution in [3.8, 4) is 0 Å². The molecule has 0 aliphatic carbocycles. The summed E-state index contributed by atoms with van der Waals surface area (Å²) in [5.41, 5.74) is 4.91. The van der Waals surface area contributed by atoms with E-state index in [1.807, 2.05) is 49.4 Å². The van der Waals surface area contributed by atoms with Gasteiger partial charge in [0.05, 0.1) is 6.04 Å². The number of carbonyl (C=O) groups is 2. The molecule has 2 N–H and O–H groups in total. The van der Waals surface area contributed by atoms with Crippen LogP contribution in [0.2, 0.25) is 0 Å². The summed E-state index contributed by atoms with van der Waals surface area (Å²) in [6, 6.07) is 20.6. The first-order chi connectivity index (χ1) is 15.0. The summed E-state index contributed by atoms with van der Waals surface area (Å²) in [7, 11) is 0. The minimum Gasteiger partial charge on any atom is -0.358 e. The van der Waals surface area contributed by atoms with E-state index in [9.17, 15) is 14.0 Å². The van der Waals surface area contributed by atoms with Gasteiger partial charge in [0, 0.05) is 33.4 Å². The van der Waals surface area contributed by atoms with Crippen LogP contribution in [0.3, 0.4) is 0 Å². The number of aromatic amines is 1. The van der Waals surface area contributed by atoms with E-state index in [1.165, 1.54) is 24.3 Å². The van der Waals surface area contributed by atoms with Crippen LogP contribution in [-0.2, 0) is 4.79 Å². The van der Waals surface area contributed by atoms with Gasteiger partial charge in [-0.25, -0.2) is 4.39 Å². The number of para-hydroxylation sites is 1. The van der Waals surface area contributed by atoms with Crippen molar-refractivity contribution in [1.82, 2.24) is 9.88 Å². The molecular formula is C25H20FN3O2. The molecule has 0 bridgehead atoms. The predicted octanol–water partition coefficient (Wildman–Crippen LogP) is 4.80. The van der Waals surface area contributed by atoms with Crippen molar-refractivity contribution < 1.29 is 14.0 Å². The molecule has 0 fully saturated rings. The summed E-state index contributed by atoms with van der Waals surface area (Å²) in [6.45, 7) is 1.87. The van der Waals surface area contributed by atoms with E-state index in [4.69, 9.17) is 0 Å². The van der Waals surface area contributed by atoms with Gasteiger partial charge in [0.25, 0.3) is 5.91 Å². The standard InChI is InChI=1S/C25H20FN3O2/c1-15-23(20-8-4-5-9-21(20)27-15)24-18-6-2-3-7-19(18)25(31)29(24)14-22(30)28-17-12-10-16(26)11-13-17/h2-13,24,27H,14H2,1H3,(H,28,30)/t24-/m1/s1. The third-order valence-corrected chi connectivity index (χ3v) is 5.72. The Bertz CT molecular complexity index is 1310. The van der Waals surface area contributed by atoms with Gasteiger partial charge in [0.15, 0.2) is 0 Å². The van der Waals surface area contributed by atoms with Crippen LogP contribution in [0.4, 0.5) is 10.1 Å². The number of H-pyrrole nitrogens is 1. The second kappa shape index (κ2) is 7.40. The fourth-order valence-corrected chi connectivity index (χ4v) is 4.38. The number of anilines is 1. The van der Waals surface area contributed by atoms with Crippen molar-refractivity contribution in [2.75, 3.05) is 11.9 Å². The molecule has 4 aromatic rings. The lowest BCUT2D eigenvalue weighted by Crippen LogP contribution is -2.36. The number of carbonyl (C=O) groups excluding carboxylic acids is 2. The number of aryl methyl sites for hydroxylation is 1. The van der Waals surface area contributed by atoms with Crippen molar-refractivity contribution in [2.24, 2.45) is 0 Å². The first kappa shape index (κ1) is 19.1. The number of benzene rings is 3. The van der Waals surface area contributed by atoms with Gasteiger partial charge in [0.1, 0.15) is 12.4 Å². The highest BCUT2D eigenvalue weighted by atomic mass is 19.1. The Morgan fingerprint density at radius 3 is 2.55 bits per heavy atom. The summed E-state index contributed by atoms with van der Waals surface area (Å²) in [5, 5.41) is 3.78. The van der Waals surface area contributed by atoms with Crippen LogP contribution in [0.1, 0.15) is 33.2 Å². The number of nitrogens with zero attached hydrogens (tertiary/aromatic N) is 1. The zero-order chi connectivity index (χ0) is 21.5. The molecule has 0 saturated carbocycles. The normalized spacial score (nSPS) is 15.4. The summed E-state index contributed by atoms with van der Waals surface area (Å²) in [5.74, 6) is -0.896. The van der Waals surface area contributed by atoms with Crippen LogP contribution in [0.25, 0.3) is 10.9 Å². The van der Waals surface area contributed by atoms with Crippen LogP contribution in [0.15, 0.2) is 72.8 Å². The summed E-state index contributed by atoms with van der Waals surface area (Å²) in [4.78, 5) is 31.1. The van der Waals surface area contributed by atoms with Gasteiger partial charge in [0.2, 0.25) is 5.91 Å². The molecule has 5 rings (SSSR count). The molecule has 0 spiro atoms. The minimum atomic E-state index is -0.377. The number of nitrogens with one attached hydrogen (secondary N) is 2. The SMILES string of the molecule is Cc1[nH]c2ccccc2c1[C@H]1c2ccccc2C(=O)N1CC(=O)Nc1ccc(F)cc1. The van der Waals surface area contributed by atoms with Gasteiger partial charge in [-0.05, 0) is 48.9 Å². The zero-order valence-corrected chi connectivity index (χ0v) is 16.9. The molecule has 2 amide bonds. The highest BCUT2D eigenvalue weighted by Gasteiger charge is 2.40. The molecule has 0 radical (unpaired) electrons. The van der Waals surface area contributed by atoms with Crippen LogP contribution < -0.4 is 5.32 Å². The Hall–Kier alpha value is -3.93. The lowest BCUT2D eigenvalue weighted by Gasteiger charge is -2.25. The average molecular weight is 413 g/mol. The summed E-state index contributed by atoms with van der Waals surface area (Å²) < 4.78 is 13.2. The van der Waals surface area contributed by atoms with Gasteiger partial charge >= 0.3 is 0 Å². The number of rotatable bonds is 4. The van der Waals surface area contributed by atoms with Crippen molar-refractivity contribution >= 4 is 28.4 Å². The third-order valence-electron chi connectivity index (χ3n) is 5.72. The molecule has 0 saturated heterocycles. The molecule has 1 aliphatic heterocycles. The maximum atomic E-state index is 13.3. The van der Waals surface area contributed by atoms with Gasteiger partial charge in [-0.1, -0.05) is 36.4 Å². The second-order valence-electron chi connectivity index (χ2n) is 7.69. The molecule has 154 valence electrons. The molecule has 6 heteroatoms. The van der Waals surface area contributed by atoms with Crippen molar-refractivity contribution in [3.05, 3.63) is 101 Å². The molecule has 2 heterocycles. The molecule has 31 heavy (non-hydrogen) atoms. The smallest absolute Gasteiger partial charge is 0.255 e. The van der Waals surface area contributed by atoms with E-state index in [0.717, 1.165) is 27.7 Å². The Morgan fingerprint density at radius 1 is 1.03 bits per heavy atom. The van der Waals surface area contributed by atoms with Crippen molar-refractivity contribution in [2.45, 2.75) is 13.0 Å². The number of fused-ring (bicyclic) bond motifs is 2. The van der Waals surface area contributed by atoms with Crippen LogP contribution >= 0.6 is 0 Å². The van der Waals surface area contributed by atoms with Gasteiger partial charge in [-0.3, -0.25) is 9.59 Å². The molecule has 1 aromatic heterocycles. The van der Waals surface area contributed by atoms with Crippen LogP contribution in [0.5, 0.6) is 0 Å². The molecule has 5 nitrogen and oxygen atoms in total. The fourth-order valence-electron chi connectivity index (χ4n) is 4.38. The van der Waals surface area contributed by atoms with Crippen LogP contribution in [-0.4, -0.2) is 28.2 Å². The van der Waals surface area contributed by atoms with Gasteiger partial charge in [-0.2, -0.15) is 0 Å². The monoisotopic (exact) mass is 413 g/mol. The van der Waals surface area contributed by atoms with E-state index in [1.54, 1.807) is 11.0 Å². The Morgan fingerprint density at radius 2 is 1.74 bits per heavy atom. The number of amides is 2. The topological polar surface area (TPSA) is 65.2 Å².